The van der Waals surface area contributed by atoms with Crippen LogP contribution in [0.5, 0.6) is 0 Å². The number of nitrogens with zero attached hydrogens (tertiary/aromatic N) is 2. The third-order valence-electron chi connectivity index (χ3n) is 2.65. The molecule has 5 nitrogen and oxygen atoms in total. The maximum absolute atomic E-state index is 12.9. The van der Waals surface area contributed by atoms with Gasteiger partial charge < -0.3 is 5.73 Å². The molecule has 1 aromatic carbocycles. The lowest BCUT2D eigenvalue weighted by Crippen LogP contribution is -2.34. The molecule has 0 aliphatic rings. The topological polar surface area (TPSA) is 78.0 Å². The van der Waals surface area contributed by atoms with Gasteiger partial charge in [-0.25, -0.2) is 4.68 Å². The smallest absolute Gasteiger partial charge is 0.368 e. The SMILES string of the molecule is NC(=O)Cn1nc(-c2ccccc2)cc(C(F)(F)F)c1=O. The molecular weight excluding hydrogens is 287 g/mol. The third-order valence-corrected chi connectivity index (χ3v) is 2.65. The second-order valence-electron chi connectivity index (χ2n) is 4.24. The van der Waals surface area contributed by atoms with Crippen LogP contribution in [0, 0.1) is 0 Å². The summed E-state index contributed by atoms with van der Waals surface area (Å²) in [7, 11) is 0. The number of primary amides is 1. The van der Waals surface area contributed by atoms with Crippen molar-refractivity contribution >= 4 is 5.91 Å². The van der Waals surface area contributed by atoms with Gasteiger partial charge in [0, 0.05) is 5.56 Å². The summed E-state index contributed by atoms with van der Waals surface area (Å²) >= 11 is 0. The normalized spacial score (nSPS) is 11.4. The lowest BCUT2D eigenvalue weighted by Gasteiger charge is -2.11. The fraction of sp³-hybridized carbons (Fsp3) is 0.154. The van der Waals surface area contributed by atoms with E-state index in [0.717, 1.165) is 0 Å². The Morgan fingerprint density at radius 2 is 1.86 bits per heavy atom. The number of carbonyl (C=O) groups is 1. The van der Waals surface area contributed by atoms with E-state index in [-0.39, 0.29) is 5.69 Å². The quantitative estimate of drug-likeness (QED) is 0.930. The van der Waals surface area contributed by atoms with Crippen LogP contribution < -0.4 is 11.3 Å². The van der Waals surface area contributed by atoms with Gasteiger partial charge in [-0.05, 0) is 6.07 Å². The largest absolute Gasteiger partial charge is 0.421 e. The van der Waals surface area contributed by atoms with Crippen LogP contribution in [-0.4, -0.2) is 15.7 Å². The molecule has 0 bridgehead atoms. The zero-order chi connectivity index (χ0) is 15.6. The number of halogens is 3. The van der Waals surface area contributed by atoms with Crippen LogP contribution in [-0.2, 0) is 17.5 Å². The summed E-state index contributed by atoms with van der Waals surface area (Å²) in [5.41, 5.74) is 2.45. The molecule has 110 valence electrons. The standard InChI is InChI=1S/C13H10F3N3O2/c14-13(15,16)9-6-10(8-4-2-1-3-5-8)18-19(12(9)21)7-11(17)20/h1-6H,7H2,(H2,17,20). The fourth-order valence-corrected chi connectivity index (χ4v) is 1.75. The summed E-state index contributed by atoms with van der Waals surface area (Å²) in [6, 6.07) is 8.67. The highest BCUT2D eigenvalue weighted by atomic mass is 19.4. The zero-order valence-corrected chi connectivity index (χ0v) is 10.6. The summed E-state index contributed by atoms with van der Waals surface area (Å²) in [4.78, 5) is 22.6. The first kappa shape index (κ1) is 14.8. The van der Waals surface area contributed by atoms with Crippen molar-refractivity contribution in [2.75, 3.05) is 0 Å². The molecule has 21 heavy (non-hydrogen) atoms. The fourth-order valence-electron chi connectivity index (χ4n) is 1.75. The highest BCUT2D eigenvalue weighted by Crippen LogP contribution is 2.28. The Bertz CT molecular complexity index is 724. The van der Waals surface area contributed by atoms with E-state index in [1.54, 1.807) is 30.3 Å². The van der Waals surface area contributed by atoms with Gasteiger partial charge in [-0.2, -0.15) is 18.3 Å². The molecule has 2 N–H and O–H groups in total. The average Bonchev–Trinajstić information content (AvgIpc) is 2.40. The highest BCUT2D eigenvalue weighted by molar-refractivity contribution is 5.73. The molecule has 2 rings (SSSR count). The maximum Gasteiger partial charge on any atom is 0.421 e. The first-order valence-electron chi connectivity index (χ1n) is 5.82. The van der Waals surface area contributed by atoms with Gasteiger partial charge in [-0.3, -0.25) is 9.59 Å². The maximum atomic E-state index is 12.9. The van der Waals surface area contributed by atoms with Gasteiger partial charge in [0.2, 0.25) is 5.91 Å². The Morgan fingerprint density at radius 1 is 1.24 bits per heavy atom. The number of alkyl halides is 3. The van der Waals surface area contributed by atoms with Crippen molar-refractivity contribution in [2.45, 2.75) is 12.7 Å². The Labute approximate surface area is 116 Å². The summed E-state index contributed by atoms with van der Waals surface area (Å²) in [5, 5.41) is 3.76. The molecule has 0 spiro atoms. The van der Waals surface area contributed by atoms with Crippen LogP contribution in [0.2, 0.25) is 0 Å². The van der Waals surface area contributed by atoms with Gasteiger partial charge >= 0.3 is 6.18 Å². The van der Waals surface area contributed by atoms with E-state index >= 15 is 0 Å². The molecule has 8 heteroatoms. The minimum atomic E-state index is -4.84. The van der Waals surface area contributed by atoms with E-state index in [9.17, 15) is 22.8 Å². The van der Waals surface area contributed by atoms with Crippen molar-refractivity contribution in [3.8, 4) is 11.3 Å². The average molecular weight is 297 g/mol. The second-order valence-corrected chi connectivity index (χ2v) is 4.24. The van der Waals surface area contributed by atoms with E-state index in [4.69, 9.17) is 5.73 Å². The second kappa shape index (κ2) is 5.39. The third kappa shape index (κ3) is 3.28. The summed E-state index contributed by atoms with van der Waals surface area (Å²) in [6.45, 7) is -0.720. The number of aromatic nitrogens is 2. The van der Waals surface area contributed by atoms with Crippen LogP contribution in [0.1, 0.15) is 5.56 Å². The lowest BCUT2D eigenvalue weighted by atomic mass is 10.1. The van der Waals surface area contributed by atoms with Crippen molar-refractivity contribution in [1.82, 2.24) is 9.78 Å². The molecule has 0 unspecified atom stereocenters. The van der Waals surface area contributed by atoms with E-state index < -0.39 is 29.8 Å². The van der Waals surface area contributed by atoms with E-state index in [2.05, 4.69) is 5.10 Å². The number of benzene rings is 1. The molecule has 0 aliphatic heterocycles. The highest BCUT2D eigenvalue weighted by Gasteiger charge is 2.35. The van der Waals surface area contributed by atoms with Gasteiger partial charge in [0.1, 0.15) is 12.1 Å². The van der Waals surface area contributed by atoms with Crippen molar-refractivity contribution in [2.24, 2.45) is 5.73 Å². The van der Waals surface area contributed by atoms with E-state index in [1.807, 2.05) is 0 Å². The zero-order valence-electron chi connectivity index (χ0n) is 10.6. The van der Waals surface area contributed by atoms with Gasteiger partial charge in [-0.15, -0.1) is 0 Å². The number of rotatable bonds is 3. The summed E-state index contributed by atoms with van der Waals surface area (Å²) in [6.07, 6.45) is -4.84. The van der Waals surface area contributed by atoms with Crippen LogP contribution in [0.25, 0.3) is 11.3 Å². The predicted octanol–water partition coefficient (Wildman–Crippen LogP) is 1.41. The van der Waals surface area contributed by atoms with Crippen molar-refractivity contribution in [3.05, 3.63) is 52.3 Å². The first-order chi connectivity index (χ1) is 9.79. The molecular formula is C13H10F3N3O2. The van der Waals surface area contributed by atoms with Gasteiger partial charge in [0.15, 0.2) is 0 Å². The van der Waals surface area contributed by atoms with E-state index in [0.29, 0.717) is 16.3 Å². The number of hydrogen-bond acceptors (Lipinski definition) is 3. The Hall–Kier alpha value is -2.64. The molecule has 1 aromatic heterocycles. The van der Waals surface area contributed by atoms with Gasteiger partial charge in [0.25, 0.3) is 5.56 Å². The molecule has 1 amide bonds. The molecule has 0 radical (unpaired) electrons. The first-order valence-corrected chi connectivity index (χ1v) is 5.82. The van der Waals surface area contributed by atoms with Crippen molar-refractivity contribution in [3.63, 3.8) is 0 Å². The molecule has 0 atom stereocenters. The number of amides is 1. The van der Waals surface area contributed by atoms with Crippen LogP contribution >= 0.6 is 0 Å². The van der Waals surface area contributed by atoms with Crippen LogP contribution in [0.4, 0.5) is 13.2 Å². The number of nitrogens with two attached hydrogens (primary N) is 1. The van der Waals surface area contributed by atoms with Gasteiger partial charge in [0.05, 0.1) is 5.69 Å². The summed E-state index contributed by atoms with van der Waals surface area (Å²) in [5.74, 6) is -0.956. The Balaban J connectivity index is 2.68. The molecule has 0 saturated heterocycles. The number of carbonyl (C=O) groups excluding carboxylic acids is 1. The number of hydrogen-bond donors (Lipinski definition) is 1. The van der Waals surface area contributed by atoms with E-state index in [1.165, 1.54) is 0 Å². The molecule has 0 fully saturated rings. The minimum Gasteiger partial charge on any atom is -0.368 e. The van der Waals surface area contributed by atoms with Gasteiger partial charge in [-0.1, -0.05) is 30.3 Å². The molecule has 2 aromatic rings. The van der Waals surface area contributed by atoms with Crippen molar-refractivity contribution in [1.29, 1.82) is 0 Å². The Morgan fingerprint density at radius 3 is 2.38 bits per heavy atom. The minimum absolute atomic E-state index is 0.0659. The van der Waals surface area contributed by atoms with Crippen LogP contribution in [0.15, 0.2) is 41.2 Å². The van der Waals surface area contributed by atoms with Crippen LogP contribution in [0.3, 0.4) is 0 Å². The van der Waals surface area contributed by atoms with Crippen molar-refractivity contribution < 1.29 is 18.0 Å². The lowest BCUT2D eigenvalue weighted by molar-refractivity contribution is -0.139. The molecule has 0 aliphatic carbocycles. The predicted molar refractivity (Wildman–Crippen MR) is 68.1 cm³/mol. The Kier molecular flexibility index (Phi) is 3.79. The molecule has 0 saturated carbocycles. The molecule has 1 heterocycles. The summed E-state index contributed by atoms with van der Waals surface area (Å²) < 4.78 is 39.1. The monoisotopic (exact) mass is 297 g/mol.